The van der Waals surface area contributed by atoms with Gasteiger partial charge in [0.05, 0.1) is 6.04 Å². The Labute approximate surface area is 147 Å². The zero-order chi connectivity index (χ0) is 17.1. The first kappa shape index (κ1) is 16.9. The summed E-state index contributed by atoms with van der Waals surface area (Å²) in [5.74, 6) is 4.31. The molecular formula is C21H37N2O+. The zero-order valence-corrected chi connectivity index (χ0v) is 15.9. The van der Waals surface area contributed by atoms with Crippen molar-refractivity contribution < 1.29 is 10.5 Å². The van der Waals surface area contributed by atoms with Crippen LogP contribution in [0.2, 0.25) is 0 Å². The van der Waals surface area contributed by atoms with E-state index in [4.69, 9.17) is 0 Å². The molecule has 5 rings (SSSR count). The molecule has 3 atom stereocenters. The van der Waals surface area contributed by atoms with Crippen LogP contribution in [0, 0.1) is 40.4 Å². The Balaban J connectivity index is 1.34. The van der Waals surface area contributed by atoms with E-state index >= 15 is 0 Å². The SMILES string of the molecule is C[C@@H]1CC(C)(C)[C@@H](CNC(=O)CC23CC4CC(CC(C4)C2)C3)[C@@H]1[NH3+]. The molecule has 0 heterocycles. The average molecular weight is 334 g/mol. The highest BCUT2D eigenvalue weighted by atomic mass is 16.1. The van der Waals surface area contributed by atoms with Crippen molar-refractivity contribution >= 4 is 5.91 Å². The van der Waals surface area contributed by atoms with Gasteiger partial charge in [-0.3, -0.25) is 4.79 Å². The van der Waals surface area contributed by atoms with E-state index in [1.54, 1.807) is 0 Å². The van der Waals surface area contributed by atoms with Crippen LogP contribution in [-0.2, 0) is 4.79 Å². The molecule has 5 fully saturated rings. The lowest BCUT2D eigenvalue weighted by atomic mass is 9.49. The van der Waals surface area contributed by atoms with Crippen LogP contribution in [0.25, 0.3) is 0 Å². The summed E-state index contributed by atoms with van der Waals surface area (Å²) in [5, 5.41) is 3.33. The van der Waals surface area contributed by atoms with Gasteiger partial charge in [0.25, 0.3) is 0 Å². The predicted octanol–water partition coefficient (Wildman–Crippen LogP) is 3.00. The molecule has 5 aliphatic carbocycles. The number of quaternary nitrogens is 1. The summed E-state index contributed by atoms with van der Waals surface area (Å²) < 4.78 is 0. The fourth-order valence-corrected chi connectivity index (χ4v) is 7.67. The first-order valence-corrected chi connectivity index (χ1v) is 10.4. The number of carbonyl (C=O) groups excluding carboxylic acids is 1. The molecule has 3 heteroatoms. The van der Waals surface area contributed by atoms with Crippen LogP contribution in [0.4, 0.5) is 0 Å². The van der Waals surface area contributed by atoms with E-state index in [1.807, 2.05) is 0 Å². The quantitative estimate of drug-likeness (QED) is 0.816. The lowest BCUT2D eigenvalue weighted by molar-refractivity contribution is -0.439. The standard InChI is InChI=1S/C21H36N2O/c1-13-7-20(2,3)17(19(13)22)12-23-18(24)11-21-8-14-4-15(9-21)6-16(5-14)10-21/h13-17,19H,4-12,22H2,1-3H3,(H,23,24)/p+1/t13-,14?,15?,16?,17+,19-,21?/m1/s1. The van der Waals surface area contributed by atoms with Gasteiger partial charge < -0.3 is 11.1 Å². The minimum atomic E-state index is 0.305. The molecule has 0 aromatic heterocycles. The summed E-state index contributed by atoms with van der Waals surface area (Å²) in [6.07, 6.45) is 10.4. The maximum atomic E-state index is 12.8. The Hall–Kier alpha value is -0.570. The Morgan fingerprint density at radius 3 is 2.04 bits per heavy atom. The molecule has 24 heavy (non-hydrogen) atoms. The second-order valence-electron chi connectivity index (χ2n) is 10.8. The van der Waals surface area contributed by atoms with Gasteiger partial charge in [-0.25, -0.2) is 0 Å². The first-order valence-electron chi connectivity index (χ1n) is 10.4. The van der Waals surface area contributed by atoms with Crippen molar-refractivity contribution in [2.75, 3.05) is 6.54 Å². The third-order valence-corrected chi connectivity index (χ3v) is 8.32. The van der Waals surface area contributed by atoms with Gasteiger partial charge in [-0.1, -0.05) is 20.8 Å². The topological polar surface area (TPSA) is 56.7 Å². The summed E-state index contributed by atoms with van der Waals surface area (Å²) in [6, 6.07) is 0.472. The second-order valence-corrected chi connectivity index (χ2v) is 10.8. The summed E-state index contributed by atoms with van der Waals surface area (Å²) in [7, 11) is 0. The van der Waals surface area contributed by atoms with Crippen LogP contribution in [0.1, 0.15) is 72.1 Å². The molecule has 5 aliphatic rings. The van der Waals surface area contributed by atoms with Crippen molar-refractivity contribution in [1.82, 2.24) is 5.32 Å². The van der Waals surface area contributed by atoms with Crippen LogP contribution in [0.5, 0.6) is 0 Å². The smallest absolute Gasteiger partial charge is 0.220 e. The van der Waals surface area contributed by atoms with Crippen LogP contribution < -0.4 is 11.1 Å². The molecule has 0 aromatic rings. The van der Waals surface area contributed by atoms with E-state index in [0.29, 0.717) is 34.6 Å². The second kappa shape index (κ2) is 5.72. The molecule has 4 N–H and O–H groups in total. The molecule has 0 radical (unpaired) electrons. The monoisotopic (exact) mass is 333 g/mol. The van der Waals surface area contributed by atoms with Crippen LogP contribution >= 0.6 is 0 Å². The molecule has 4 bridgehead atoms. The van der Waals surface area contributed by atoms with Crippen molar-refractivity contribution in [3.8, 4) is 0 Å². The Morgan fingerprint density at radius 1 is 1.04 bits per heavy atom. The molecule has 0 spiro atoms. The van der Waals surface area contributed by atoms with Crippen molar-refractivity contribution in [3.05, 3.63) is 0 Å². The summed E-state index contributed by atoms with van der Waals surface area (Å²) >= 11 is 0. The summed E-state index contributed by atoms with van der Waals surface area (Å²) in [6.45, 7) is 7.85. The van der Waals surface area contributed by atoms with Crippen LogP contribution in [0.3, 0.4) is 0 Å². The molecular weight excluding hydrogens is 296 g/mol. The maximum absolute atomic E-state index is 12.8. The van der Waals surface area contributed by atoms with E-state index < -0.39 is 0 Å². The van der Waals surface area contributed by atoms with Gasteiger partial charge in [0.15, 0.2) is 0 Å². The highest BCUT2D eigenvalue weighted by molar-refractivity contribution is 5.76. The van der Waals surface area contributed by atoms with E-state index in [-0.39, 0.29) is 0 Å². The van der Waals surface area contributed by atoms with E-state index in [2.05, 4.69) is 31.8 Å². The third-order valence-electron chi connectivity index (χ3n) is 8.32. The molecule has 0 unspecified atom stereocenters. The van der Waals surface area contributed by atoms with E-state index in [1.165, 1.54) is 44.9 Å². The lowest BCUT2D eigenvalue weighted by Gasteiger charge is -2.56. The van der Waals surface area contributed by atoms with Gasteiger partial charge in [0, 0.05) is 24.8 Å². The maximum Gasteiger partial charge on any atom is 0.220 e. The largest absolute Gasteiger partial charge is 0.356 e. The van der Waals surface area contributed by atoms with Gasteiger partial charge in [-0.15, -0.1) is 0 Å². The number of nitrogens with one attached hydrogen (secondary N) is 1. The Kier molecular flexibility index (Phi) is 4.02. The first-order chi connectivity index (χ1) is 11.3. The van der Waals surface area contributed by atoms with E-state index in [0.717, 1.165) is 30.7 Å². The fourth-order valence-electron chi connectivity index (χ4n) is 7.67. The lowest BCUT2D eigenvalue weighted by Crippen LogP contribution is -2.67. The van der Waals surface area contributed by atoms with Crippen LogP contribution in [-0.4, -0.2) is 18.5 Å². The minimum Gasteiger partial charge on any atom is -0.356 e. The number of rotatable bonds is 4. The zero-order valence-electron chi connectivity index (χ0n) is 15.9. The predicted molar refractivity (Wildman–Crippen MR) is 96.0 cm³/mol. The van der Waals surface area contributed by atoms with Crippen molar-refractivity contribution in [3.63, 3.8) is 0 Å². The highest BCUT2D eigenvalue weighted by Gasteiger charge is 2.52. The third kappa shape index (κ3) is 2.91. The Bertz CT molecular complexity index is 477. The molecule has 5 saturated carbocycles. The Morgan fingerprint density at radius 2 is 1.58 bits per heavy atom. The molecule has 136 valence electrons. The highest BCUT2D eigenvalue weighted by Crippen LogP contribution is 2.61. The molecule has 3 nitrogen and oxygen atoms in total. The van der Waals surface area contributed by atoms with Gasteiger partial charge in [0.1, 0.15) is 0 Å². The summed E-state index contributed by atoms with van der Waals surface area (Å²) in [4.78, 5) is 12.8. The number of amides is 1. The normalized spacial score (nSPS) is 48.7. The minimum absolute atomic E-state index is 0.305. The average Bonchev–Trinajstić information content (AvgIpc) is 2.63. The van der Waals surface area contributed by atoms with Gasteiger partial charge in [-0.05, 0) is 73.5 Å². The molecule has 0 aromatic carbocycles. The van der Waals surface area contributed by atoms with Crippen molar-refractivity contribution in [1.29, 1.82) is 0 Å². The van der Waals surface area contributed by atoms with Crippen LogP contribution in [0.15, 0.2) is 0 Å². The van der Waals surface area contributed by atoms with Gasteiger partial charge in [-0.2, -0.15) is 0 Å². The van der Waals surface area contributed by atoms with Crippen molar-refractivity contribution in [2.45, 2.75) is 78.2 Å². The number of hydrogen-bond donors (Lipinski definition) is 2. The molecule has 0 saturated heterocycles. The van der Waals surface area contributed by atoms with E-state index in [9.17, 15) is 4.79 Å². The summed E-state index contributed by atoms with van der Waals surface area (Å²) in [5.41, 5.74) is 5.07. The van der Waals surface area contributed by atoms with Gasteiger partial charge in [0.2, 0.25) is 5.91 Å². The molecule has 0 aliphatic heterocycles. The fraction of sp³-hybridized carbons (Fsp3) is 0.952. The number of carbonyl (C=O) groups is 1. The van der Waals surface area contributed by atoms with Crippen molar-refractivity contribution in [2.24, 2.45) is 40.4 Å². The molecule has 1 amide bonds. The van der Waals surface area contributed by atoms with Gasteiger partial charge >= 0.3 is 0 Å². The number of hydrogen-bond acceptors (Lipinski definition) is 1.